The summed E-state index contributed by atoms with van der Waals surface area (Å²) >= 11 is 0. The molecule has 0 aliphatic rings. The van der Waals surface area contributed by atoms with Gasteiger partial charge in [0.1, 0.15) is 0 Å². The van der Waals surface area contributed by atoms with Crippen LogP contribution in [0.15, 0.2) is 12.7 Å². The summed E-state index contributed by atoms with van der Waals surface area (Å²) in [6, 6.07) is -2.28. The molecule has 0 atom stereocenters. The van der Waals surface area contributed by atoms with Crippen LogP contribution in [-0.2, 0) is 0 Å². The van der Waals surface area contributed by atoms with Crippen molar-refractivity contribution in [3.05, 3.63) is 12.7 Å². The van der Waals surface area contributed by atoms with Crippen LogP contribution in [-0.4, -0.2) is 47.1 Å². The normalized spacial score (nSPS) is 11.9. The average molecular weight is 347 g/mol. The summed E-state index contributed by atoms with van der Waals surface area (Å²) in [5.74, 6) is 0. The number of hydrogen-bond donors (Lipinski definition) is 0. The number of nitrogens with zero attached hydrogens (tertiary/aromatic N) is 3. The number of hydrogen-bond acceptors (Lipinski definition) is 6. The van der Waals surface area contributed by atoms with Gasteiger partial charge in [-0.15, -0.1) is 21.5 Å². The van der Waals surface area contributed by atoms with Gasteiger partial charge in [0.15, 0.2) is 13.2 Å². The molecule has 130 valence electrons. The van der Waals surface area contributed by atoms with Gasteiger partial charge in [-0.2, -0.15) is 26.3 Å². The van der Waals surface area contributed by atoms with Crippen molar-refractivity contribution in [3.8, 4) is 18.0 Å². The van der Waals surface area contributed by atoms with E-state index in [1.54, 1.807) is 0 Å². The van der Waals surface area contributed by atoms with Gasteiger partial charge in [0.25, 0.3) is 0 Å². The smallest absolute Gasteiger partial charge is 0.422 e. The Balaban J connectivity index is 2.85. The molecule has 0 amide bonds. The van der Waals surface area contributed by atoms with Gasteiger partial charge >= 0.3 is 30.4 Å². The minimum atomic E-state index is -4.68. The molecule has 1 aromatic rings. The molecule has 1 heterocycles. The lowest BCUT2D eigenvalue weighted by atomic mass is 10.5. The fourth-order valence-electron chi connectivity index (χ4n) is 1.04. The molecule has 1 aromatic heterocycles. The molecule has 0 saturated heterocycles. The molecule has 23 heavy (non-hydrogen) atoms. The molecule has 0 spiro atoms. The van der Waals surface area contributed by atoms with Crippen LogP contribution in [0.3, 0.4) is 0 Å². The number of rotatable bonds is 8. The Labute approximate surface area is 126 Å². The molecule has 0 fully saturated rings. The number of ether oxygens (including phenoxy) is 3. The molecule has 0 aromatic carbocycles. The molecule has 0 saturated carbocycles. The second-order valence-corrected chi connectivity index (χ2v) is 3.92. The van der Waals surface area contributed by atoms with Crippen molar-refractivity contribution in [3.63, 3.8) is 0 Å². The van der Waals surface area contributed by atoms with E-state index in [9.17, 15) is 26.3 Å². The summed E-state index contributed by atoms with van der Waals surface area (Å²) in [6.07, 6.45) is -7.53. The Morgan fingerprint density at radius 2 is 1.17 bits per heavy atom. The highest BCUT2D eigenvalue weighted by Gasteiger charge is 2.31. The fraction of sp³-hybridized carbons (Fsp3) is 0.545. The lowest BCUT2D eigenvalue weighted by Crippen LogP contribution is -2.22. The topological polar surface area (TPSA) is 66.4 Å². The van der Waals surface area contributed by atoms with Crippen LogP contribution in [0.25, 0.3) is 0 Å². The van der Waals surface area contributed by atoms with Crippen molar-refractivity contribution >= 4 is 0 Å². The highest BCUT2D eigenvalue weighted by molar-refractivity contribution is 5.09. The van der Waals surface area contributed by atoms with Crippen molar-refractivity contribution in [2.24, 2.45) is 0 Å². The van der Waals surface area contributed by atoms with Crippen molar-refractivity contribution in [1.82, 2.24) is 15.0 Å². The molecule has 0 bridgehead atoms. The Kier molecular flexibility index (Phi) is 6.39. The first-order chi connectivity index (χ1) is 10.6. The third kappa shape index (κ3) is 8.68. The first kappa shape index (κ1) is 18.8. The van der Waals surface area contributed by atoms with Crippen molar-refractivity contribution in [2.75, 3.05) is 19.8 Å². The van der Waals surface area contributed by atoms with Crippen LogP contribution < -0.4 is 14.2 Å². The predicted molar refractivity (Wildman–Crippen MR) is 63.2 cm³/mol. The second-order valence-electron chi connectivity index (χ2n) is 3.92. The maximum Gasteiger partial charge on any atom is 0.422 e. The molecule has 12 heteroatoms. The van der Waals surface area contributed by atoms with Crippen LogP contribution in [0, 0.1) is 0 Å². The molecular formula is C11H11F6N3O3. The fourth-order valence-corrected chi connectivity index (χ4v) is 1.04. The summed E-state index contributed by atoms with van der Waals surface area (Å²) in [6.45, 7) is -0.0563. The molecule has 1 rings (SSSR count). The molecule has 0 unspecified atom stereocenters. The second kappa shape index (κ2) is 7.83. The van der Waals surface area contributed by atoms with Gasteiger partial charge < -0.3 is 14.2 Å². The zero-order valence-electron chi connectivity index (χ0n) is 11.4. The molecule has 0 radical (unpaired) electrons. The summed E-state index contributed by atoms with van der Waals surface area (Å²) in [5.41, 5.74) is 0. The van der Waals surface area contributed by atoms with E-state index < -0.39 is 43.6 Å². The van der Waals surface area contributed by atoms with Gasteiger partial charge in [0.05, 0.1) is 6.61 Å². The van der Waals surface area contributed by atoms with Crippen molar-refractivity contribution in [2.45, 2.75) is 18.8 Å². The zero-order chi connectivity index (χ0) is 17.5. The minimum absolute atomic E-state index is 0.00490. The summed E-state index contributed by atoms with van der Waals surface area (Å²) in [4.78, 5) is 9.98. The lowest BCUT2D eigenvalue weighted by molar-refractivity contribution is -0.156. The van der Waals surface area contributed by atoms with Crippen molar-refractivity contribution in [1.29, 1.82) is 0 Å². The van der Waals surface area contributed by atoms with E-state index in [1.807, 2.05) is 0 Å². The molecular weight excluding hydrogens is 336 g/mol. The average Bonchev–Trinajstić information content (AvgIpc) is 2.42. The van der Waals surface area contributed by atoms with Crippen LogP contribution in [0.5, 0.6) is 18.0 Å². The molecule has 6 nitrogen and oxygen atoms in total. The minimum Gasteiger partial charge on any atom is -0.463 e. The number of halogens is 6. The first-order valence-corrected chi connectivity index (χ1v) is 5.98. The largest absolute Gasteiger partial charge is 0.463 e. The van der Waals surface area contributed by atoms with E-state index in [2.05, 4.69) is 31.0 Å². The van der Waals surface area contributed by atoms with E-state index >= 15 is 0 Å². The molecule has 0 aliphatic carbocycles. The third-order valence-corrected chi connectivity index (χ3v) is 1.86. The first-order valence-electron chi connectivity index (χ1n) is 5.98. The number of alkyl halides is 6. The predicted octanol–water partition coefficient (Wildman–Crippen LogP) is 2.71. The SMILES string of the molecule is C=CCCOc1nc(OCC(F)(F)F)nc(OCC(F)(F)F)n1. The molecule has 0 N–H and O–H groups in total. The quantitative estimate of drug-likeness (QED) is 0.409. The van der Waals surface area contributed by atoms with Gasteiger partial charge in [-0.3, -0.25) is 0 Å². The van der Waals surface area contributed by atoms with Crippen LogP contribution in [0.2, 0.25) is 0 Å². The summed E-state index contributed by atoms with van der Waals surface area (Å²) in [5, 5.41) is 0. The zero-order valence-corrected chi connectivity index (χ0v) is 11.4. The van der Waals surface area contributed by atoms with E-state index in [0.29, 0.717) is 6.42 Å². The Hall–Kier alpha value is -2.27. The van der Waals surface area contributed by atoms with E-state index in [4.69, 9.17) is 4.74 Å². The van der Waals surface area contributed by atoms with E-state index in [1.165, 1.54) is 6.08 Å². The van der Waals surface area contributed by atoms with E-state index in [-0.39, 0.29) is 6.61 Å². The van der Waals surface area contributed by atoms with Crippen molar-refractivity contribution < 1.29 is 40.6 Å². The highest BCUT2D eigenvalue weighted by atomic mass is 19.4. The Morgan fingerprint density at radius 3 is 1.52 bits per heavy atom. The van der Waals surface area contributed by atoms with Gasteiger partial charge in [-0.1, -0.05) is 6.08 Å². The van der Waals surface area contributed by atoms with Crippen LogP contribution in [0.4, 0.5) is 26.3 Å². The third-order valence-electron chi connectivity index (χ3n) is 1.86. The summed E-state index contributed by atoms with van der Waals surface area (Å²) < 4.78 is 85.9. The van der Waals surface area contributed by atoms with Crippen LogP contribution >= 0.6 is 0 Å². The Morgan fingerprint density at radius 1 is 0.783 bits per heavy atom. The Bertz CT molecular complexity index is 484. The van der Waals surface area contributed by atoms with Gasteiger partial charge in [0.2, 0.25) is 0 Å². The maximum atomic E-state index is 12.1. The number of aromatic nitrogens is 3. The van der Waals surface area contributed by atoms with Crippen LogP contribution in [0.1, 0.15) is 6.42 Å². The monoisotopic (exact) mass is 347 g/mol. The molecule has 0 aliphatic heterocycles. The maximum absolute atomic E-state index is 12.1. The van der Waals surface area contributed by atoms with Gasteiger partial charge in [0, 0.05) is 0 Å². The lowest BCUT2D eigenvalue weighted by Gasteiger charge is -2.11. The van der Waals surface area contributed by atoms with E-state index in [0.717, 1.165) is 0 Å². The summed E-state index contributed by atoms with van der Waals surface area (Å²) in [7, 11) is 0. The van der Waals surface area contributed by atoms with Gasteiger partial charge in [-0.05, 0) is 6.42 Å². The van der Waals surface area contributed by atoms with Gasteiger partial charge in [-0.25, -0.2) is 0 Å². The highest BCUT2D eigenvalue weighted by Crippen LogP contribution is 2.21. The standard InChI is InChI=1S/C11H11F6N3O3/c1-2-3-4-21-7-18-8(22-5-10(12,13)14)20-9(19-7)23-6-11(15,16)17/h2H,1,3-6H2.